The van der Waals surface area contributed by atoms with E-state index in [1.165, 1.54) is 20.1 Å². The summed E-state index contributed by atoms with van der Waals surface area (Å²) in [6.07, 6.45) is 0. The molecule has 1 heterocycles. The summed E-state index contributed by atoms with van der Waals surface area (Å²) in [5.74, 6) is -0.0472. The number of hydrogen-bond acceptors (Lipinski definition) is 4. The number of carbonyl (C=O) groups excluding carboxylic acids is 1. The predicted octanol–water partition coefficient (Wildman–Crippen LogP) is 2.55. The Balaban J connectivity index is 1.94. The Bertz CT molecular complexity index is 1100. The first-order valence-corrected chi connectivity index (χ1v) is 8.18. The second-order valence-corrected chi connectivity index (χ2v) is 6.07. The van der Waals surface area contributed by atoms with Crippen LogP contribution >= 0.6 is 11.6 Å². The van der Waals surface area contributed by atoms with E-state index < -0.39 is 23.2 Å². The zero-order valence-corrected chi connectivity index (χ0v) is 14.8. The van der Waals surface area contributed by atoms with Crippen molar-refractivity contribution in [1.29, 1.82) is 0 Å². The van der Waals surface area contributed by atoms with Gasteiger partial charge in [0.2, 0.25) is 5.91 Å². The van der Waals surface area contributed by atoms with E-state index >= 15 is 0 Å². The third-order valence-corrected chi connectivity index (χ3v) is 4.32. The average molecular weight is 374 g/mol. The molecule has 0 radical (unpaired) electrons. The van der Waals surface area contributed by atoms with Gasteiger partial charge in [0, 0.05) is 5.69 Å². The molecule has 0 aliphatic carbocycles. The molecule has 0 saturated carbocycles. The first-order valence-electron chi connectivity index (χ1n) is 7.80. The minimum absolute atomic E-state index is 0.332. The molecule has 1 amide bonds. The van der Waals surface area contributed by atoms with Crippen LogP contribution in [0.1, 0.15) is 13.0 Å². The monoisotopic (exact) mass is 373 g/mol. The third kappa shape index (κ3) is 3.21. The van der Waals surface area contributed by atoms with Crippen molar-refractivity contribution in [3.63, 3.8) is 0 Å². The molecule has 7 nitrogen and oxygen atoms in total. The van der Waals surface area contributed by atoms with Gasteiger partial charge in [-0.1, -0.05) is 23.7 Å². The number of H-pyrrole nitrogens is 1. The van der Waals surface area contributed by atoms with Gasteiger partial charge < -0.3 is 15.0 Å². The maximum absolute atomic E-state index is 12.6. The predicted molar refractivity (Wildman–Crippen MR) is 100 cm³/mol. The van der Waals surface area contributed by atoms with Gasteiger partial charge in [-0.2, -0.15) is 0 Å². The van der Waals surface area contributed by atoms with Gasteiger partial charge in [-0.15, -0.1) is 0 Å². The van der Waals surface area contributed by atoms with Crippen LogP contribution < -0.4 is 21.3 Å². The summed E-state index contributed by atoms with van der Waals surface area (Å²) in [5, 5.41) is 3.31. The Morgan fingerprint density at radius 1 is 1.23 bits per heavy atom. The molecular formula is C18H16ClN3O4. The molecule has 0 saturated heterocycles. The molecule has 1 unspecified atom stereocenters. The number of rotatable bonds is 4. The highest BCUT2D eigenvalue weighted by Crippen LogP contribution is 2.27. The number of fused-ring (bicyclic) bond motifs is 1. The molecule has 1 atom stereocenters. The third-order valence-electron chi connectivity index (χ3n) is 4.02. The normalized spacial score (nSPS) is 12.0. The fourth-order valence-electron chi connectivity index (χ4n) is 2.64. The number of nitrogens with one attached hydrogen (secondary N) is 2. The Morgan fingerprint density at radius 3 is 2.65 bits per heavy atom. The number of nitrogens with zero attached hydrogens (tertiary/aromatic N) is 1. The molecule has 0 fully saturated rings. The number of methoxy groups -OCH3 is 1. The van der Waals surface area contributed by atoms with Crippen LogP contribution in [0.15, 0.2) is 52.1 Å². The highest BCUT2D eigenvalue weighted by Gasteiger charge is 2.20. The summed E-state index contributed by atoms with van der Waals surface area (Å²) in [4.78, 5) is 40.0. The van der Waals surface area contributed by atoms with E-state index in [-0.39, 0.29) is 0 Å². The van der Waals surface area contributed by atoms with E-state index in [2.05, 4.69) is 10.3 Å². The number of para-hydroxylation sites is 1. The molecule has 0 bridgehead atoms. The van der Waals surface area contributed by atoms with E-state index in [0.717, 1.165) is 4.57 Å². The van der Waals surface area contributed by atoms with Crippen molar-refractivity contribution in [2.75, 3.05) is 12.4 Å². The Hall–Kier alpha value is -3.06. The van der Waals surface area contributed by atoms with Crippen molar-refractivity contribution < 1.29 is 9.53 Å². The van der Waals surface area contributed by atoms with Crippen molar-refractivity contribution >= 4 is 34.1 Å². The molecule has 0 aliphatic rings. The number of anilines is 1. The Labute approximate surface area is 153 Å². The number of hydrogen-bond donors (Lipinski definition) is 2. The van der Waals surface area contributed by atoms with E-state index in [1.807, 2.05) is 0 Å². The molecule has 2 aromatic carbocycles. The number of benzene rings is 2. The minimum Gasteiger partial charge on any atom is -0.495 e. The second kappa shape index (κ2) is 7.05. The lowest BCUT2D eigenvalue weighted by Crippen LogP contribution is -2.41. The van der Waals surface area contributed by atoms with E-state index in [0.29, 0.717) is 27.4 Å². The molecular weight excluding hydrogens is 358 g/mol. The lowest BCUT2D eigenvalue weighted by atomic mass is 10.2. The summed E-state index contributed by atoms with van der Waals surface area (Å²) in [6.45, 7) is 1.48. The van der Waals surface area contributed by atoms with Crippen molar-refractivity contribution in [2.24, 2.45) is 0 Å². The van der Waals surface area contributed by atoms with Crippen molar-refractivity contribution in [2.45, 2.75) is 13.0 Å². The number of ether oxygens (including phenoxy) is 1. The first kappa shape index (κ1) is 17.8. The molecule has 134 valence electrons. The Kier molecular flexibility index (Phi) is 4.81. The van der Waals surface area contributed by atoms with Gasteiger partial charge in [0.15, 0.2) is 0 Å². The van der Waals surface area contributed by atoms with Crippen molar-refractivity contribution in [3.05, 3.63) is 68.3 Å². The van der Waals surface area contributed by atoms with Gasteiger partial charge >= 0.3 is 5.69 Å². The van der Waals surface area contributed by atoms with E-state index in [9.17, 15) is 14.4 Å². The second-order valence-electron chi connectivity index (χ2n) is 5.67. The number of halogens is 1. The van der Waals surface area contributed by atoms with Gasteiger partial charge in [0.25, 0.3) is 5.56 Å². The highest BCUT2D eigenvalue weighted by atomic mass is 35.5. The maximum Gasteiger partial charge on any atom is 0.329 e. The quantitative estimate of drug-likeness (QED) is 0.735. The SMILES string of the molecule is COc1ccc(NC(=O)C(C)n2c(=O)[nH]c3ccccc3c2=O)cc1Cl. The van der Waals surface area contributed by atoms with Crippen LogP contribution in [-0.4, -0.2) is 22.6 Å². The fourth-order valence-corrected chi connectivity index (χ4v) is 2.89. The molecule has 3 aromatic rings. The lowest BCUT2D eigenvalue weighted by molar-refractivity contribution is -0.119. The van der Waals surface area contributed by atoms with Gasteiger partial charge in [-0.05, 0) is 37.3 Å². The molecule has 0 aliphatic heterocycles. The van der Waals surface area contributed by atoms with Crippen LogP contribution in [0.25, 0.3) is 10.9 Å². The van der Waals surface area contributed by atoms with Gasteiger partial charge in [0.1, 0.15) is 11.8 Å². The first-order chi connectivity index (χ1) is 12.4. The topological polar surface area (TPSA) is 93.2 Å². The number of aromatic amines is 1. The summed E-state index contributed by atoms with van der Waals surface area (Å²) in [5.41, 5.74) is -0.324. The van der Waals surface area contributed by atoms with E-state index in [4.69, 9.17) is 16.3 Å². The van der Waals surface area contributed by atoms with Crippen LogP contribution in [0.4, 0.5) is 5.69 Å². The fraction of sp³-hybridized carbons (Fsp3) is 0.167. The molecule has 3 rings (SSSR count). The summed E-state index contributed by atoms with van der Waals surface area (Å²) >= 11 is 6.04. The smallest absolute Gasteiger partial charge is 0.329 e. The van der Waals surface area contributed by atoms with Crippen LogP contribution in [0.3, 0.4) is 0 Å². The summed E-state index contributed by atoms with van der Waals surface area (Å²) < 4.78 is 5.95. The zero-order chi connectivity index (χ0) is 18.8. The highest BCUT2D eigenvalue weighted by molar-refractivity contribution is 6.32. The largest absolute Gasteiger partial charge is 0.495 e. The molecule has 2 N–H and O–H groups in total. The van der Waals surface area contributed by atoms with Crippen LogP contribution in [-0.2, 0) is 4.79 Å². The zero-order valence-electron chi connectivity index (χ0n) is 14.1. The number of aromatic nitrogens is 2. The van der Waals surface area contributed by atoms with E-state index in [1.54, 1.807) is 36.4 Å². The molecule has 0 spiro atoms. The van der Waals surface area contributed by atoms with Crippen molar-refractivity contribution in [1.82, 2.24) is 9.55 Å². The number of carbonyl (C=O) groups is 1. The van der Waals surface area contributed by atoms with Crippen molar-refractivity contribution in [3.8, 4) is 5.75 Å². The molecule has 26 heavy (non-hydrogen) atoms. The molecule has 1 aromatic heterocycles. The van der Waals surface area contributed by atoms with Gasteiger partial charge in [-0.3, -0.25) is 9.59 Å². The van der Waals surface area contributed by atoms with Gasteiger partial charge in [0.05, 0.1) is 23.0 Å². The minimum atomic E-state index is -1.02. The van der Waals surface area contributed by atoms with Crippen LogP contribution in [0.2, 0.25) is 5.02 Å². The van der Waals surface area contributed by atoms with Gasteiger partial charge in [-0.25, -0.2) is 9.36 Å². The summed E-state index contributed by atoms with van der Waals surface area (Å²) in [7, 11) is 1.49. The Morgan fingerprint density at radius 2 is 1.96 bits per heavy atom. The number of amides is 1. The molecule has 8 heteroatoms. The summed E-state index contributed by atoms with van der Waals surface area (Å²) in [6, 6.07) is 10.4. The maximum atomic E-state index is 12.6. The standard InChI is InChI=1S/C18H16ClN3O4/c1-10(16(23)20-11-7-8-15(26-2)13(19)9-11)22-17(24)12-5-3-4-6-14(12)21-18(22)25/h3-10H,1-2H3,(H,20,23)(H,21,25). The average Bonchev–Trinajstić information content (AvgIpc) is 2.61. The lowest BCUT2D eigenvalue weighted by Gasteiger charge is -2.15. The van der Waals surface area contributed by atoms with Crippen LogP contribution in [0, 0.1) is 0 Å². The van der Waals surface area contributed by atoms with Crippen LogP contribution in [0.5, 0.6) is 5.75 Å².